The predicted molar refractivity (Wildman–Crippen MR) is 432 cm³/mol. The number of carbonyl (C=O) groups excluding carboxylic acids is 4. The molecule has 0 aromatic heterocycles. The topological polar surface area (TPSA) is 237 Å². The van der Waals surface area contributed by atoms with Crippen molar-refractivity contribution in [2.24, 2.45) is 5.92 Å². The maximum atomic E-state index is 13.1. The highest BCUT2D eigenvalue weighted by molar-refractivity contribution is 7.47. The maximum Gasteiger partial charge on any atom is 0.472 e. The van der Waals surface area contributed by atoms with Gasteiger partial charge in [0, 0.05) is 25.7 Å². The van der Waals surface area contributed by atoms with Crippen LogP contribution in [0.5, 0.6) is 0 Å². The lowest BCUT2D eigenvalue weighted by molar-refractivity contribution is -0.161. The van der Waals surface area contributed by atoms with Gasteiger partial charge < -0.3 is 33.8 Å². The molecule has 0 amide bonds. The van der Waals surface area contributed by atoms with Crippen LogP contribution in [0.25, 0.3) is 0 Å². The number of rotatable bonds is 84. The van der Waals surface area contributed by atoms with Gasteiger partial charge in [-0.1, -0.05) is 386 Å². The van der Waals surface area contributed by atoms with Crippen LogP contribution in [-0.2, 0) is 65.4 Å². The molecule has 0 aromatic carbocycles. The Hall–Kier alpha value is -2.46. The number of allylic oxidation sites excluding steroid dienone is 4. The second kappa shape index (κ2) is 78.2. The first-order valence-corrected chi connectivity index (χ1v) is 47.0. The van der Waals surface area contributed by atoms with Gasteiger partial charge in [0.25, 0.3) is 0 Å². The first-order valence-electron chi connectivity index (χ1n) is 44.0. The molecule has 0 aliphatic heterocycles. The molecule has 6 atom stereocenters. The van der Waals surface area contributed by atoms with Gasteiger partial charge in [-0.05, 0) is 57.3 Å². The van der Waals surface area contributed by atoms with Crippen LogP contribution in [0.1, 0.15) is 439 Å². The Morgan fingerprint density at radius 3 is 0.810 bits per heavy atom. The van der Waals surface area contributed by atoms with E-state index in [9.17, 15) is 43.2 Å². The fraction of sp³-hybridized carbons (Fsp3) is 0.907. The quantitative estimate of drug-likeness (QED) is 0.0169. The summed E-state index contributed by atoms with van der Waals surface area (Å²) < 4.78 is 68.8. The van der Waals surface area contributed by atoms with E-state index in [0.717, 1.165) is 109 Å². The van der Waals surface area contributed by atoms with Crippen molar-refractivity contribution in [1.29, 1.82) is 0 Å². The number of phosphoric ester groups is 2. The number of aliphatic hydroxyl groups is 1. The summed E-state index contributed by atoms with van der Waals surface area (Å²) in [7, 11) is -9.94. The number of hydrogen-bond acceptors (Lipinski definition) is 15. The fourth-order valence-electron chi connectivity index (χ4n) is 12.9. The van der Waals surface area contributed by atoms with Crippen molar-refractivity contribution in [3.63, 3.8) is 0 Å². The van der Waals surface area contributed by atoms with Crippen LogP contribution in [0.3, 0.4) is 0 Å². The van der Waals surface area contributed by atoms with E-state index in [2.05, 4.69) is 58.9 Å². The highest BCUT2D eigenvalue weighted by Gasteiger charge is 2.30. The van der Waals surface area contributed by atoms with Crippen LogP contribution in [0.4, 0.5) is 0 Å². The zero-order chi connectivity index (χ0) is 76.9. The van der Waals surface area contributed by atoms with Gasteiger partial charge in [-0.2, -0.15) is 0 Å². The van der Waals surface area contributed by atoms with Crippen molar-refractivity contribution >= 4 is 39.5 Å². The smallest absolute Gasteiger partial charge is 0.462 e. The Bertz CT molecular complexity index is 2090. The van der Waals surface area contributed by atoms with E-state index in [1.54, 1.807) is 0 Å². The second-order valence-corrected chi connectivity index (χ2v) is 33.4. The standard InChI is InChI=1S/C86H164O17P2/c1-6-10-13-16-19-22-25-28-31-33-34-35-36-37-38-41-44-47-50-57-62-67-72-85(90)102-81(75-96-83(88)69-64-59-54-48-45-42-40-32-29-26-23-20-17-14-11-7-2)77-100-104(92,93)98-73-80(87)74-99-105(94,95)101-78-82(76-97-84(89)70-65-60-55-52-51-53-58-63-68-79(5)9-4)103-86(91)71-66-61-56-49-46-43-39-30-27-24-21-18-15-12-8-3/h24,27,30,39,79-82,87H,6-23,25-26,28-29,31-38,40-78H2,1-5H3,(H,92,93)(H,94,95)/b27-24-,39-30-/t79?,80-,81-,82-/m1/s1. The number of carbonyl (C=O) groups is 4. The predicted octanol–water partition coefficient (Wildman–Crippen LogP) is 25.9. The Morgan fingerprint density at radius 2 is 0.533 bits per heavy atom. The highest BCUT2D eigenvalue weighted by Crippen LogP contribution is 2.45. The molecule has 17 nitrogen and oxygen atoms in total. The summed E-state index contributed by atoms with van der Waals surface area (Å²) in [5.74, 6) is -1.36. The summed E-state index contributed by atoms with van der Waals surface area (Å²) in [5, 5.41) is 10.7. The van der Waals surface area contributed by atoms with E-state index in [0.29, 0.717) is 25.7 Å². The Morgan fingerprint density at radius 1 is 0.305 bits per heavy atom. The van der Waals surface area contributed by atoms with Crippen LogP contribution in [0, 0.1) is 5.92 Å². The van der Waals surface area contributed by atoms with Crippen LogP contribution in [0.15, 0.2) is 24.3 Å². The molecule has 19 heteroatoms. The lowest BCUT2D eigenvalue weighted by atomic mass is 9.99. The molecule has 0 fully saturated rings. The minimum absolute atomic E-state index is 0.0851. The molecular weight excluding hydrogens is 1370 g/mol. The first kappa shape index (κ1) is 103. The van der Waals surface area contributed by atoms with E-state index in [-0.39, 0.29) is 25.7 Å². The summed E-state index contributed by atoms with van der Waals surface area (Å²) in [6.45, 7) is 7.29. The van der Waals surface area contributed by atoms with Gasteiger partial charge in [-0.25, -0.2) is 9.13 Å². The molecule has 0 radical (unpaired) electrons. The van der Waals surface area contributed by atoms with Gasteiger partial charge in [0.1, 0.15) is 19.3 Å². The summed E-state index contributed by atoms with van der Waals surface area (Å²) in [5.41, 5.74) is 0. The third kappa shape index (κ3) is 78.0. The van der Waals surface area contributed by atoms with E-state index in [1.165, 1.54) is 250 Å². The minimum atomic E-state index is -4.97. The largest absolute Gasteiger partial charge is 0.472 e. The van der Waals surface area contributed by atoms with Crippen molar-refractivity contribution < 1.29 is 80.2 Å². The molecule has 0 bridgehead atoms. The van der Waals surface area contributed by atoms with Gasteiger partial charge in [-0.3, -0.25) is 37.3 Å². The number of hydrogen-bond donors (Lipinski definition) is 3. The van der Waals surface area contributed by atoms with E-state index < -0.39 is 97.5 Å². The number of unbranched alkanes of at least 4 members (excludes halogenated alkanes) is 52. The molecule has 3 unspecified atom stereocenters. The molecule has 0 saturated heterocycles. The van der Waals surface area contributed by atoms with Gasteiger partial charge in [0.15, 0.2) is 12.2 Å². The summed E-state index contributed by atoms with van der Waals surface area (Å²) in [4.78, 5) is 73.2. The Balaban J connectivity index is 5.27. The number of phosphoric acid groups is 2. The third-order valence-electron chi connectivity index (χ3n) is 20.0. The minimum Gasteiger partial charge on any atom is -0.462 e. The summed E-state index contributed by atoms with van der Waals surface area (Å²) in [6.07, 6.45) is 74.4. The fourth-order valence-corrected chi connectivity index (χ4v) is 14.5. The van der Waals surface area contributed by atoms with Crippen molar-refractivity contribution in [2.75, 3.05) is 39.6 Å². The van der Waals surface area contributed by atoms with Gasteiger partial charge in [0.05, 0.1) is 26.4 Å². The molecule has 0 aromatic rings. The zero-order valence-corrected chi connectivity index (χ0v) is 70.1. The van der Waals surface area contributed by atoms with E-state index in [4.69, 9.17) is 37.0 Å². The van der Waals surface area contributed by atoms with Crippen LogP contribution >= 0.6 is 15.6 Å². The molecular formula is C86H164O17P2. The number of esters is 4. The van der Waals surface area contributed by atoms with Crippen molar-refractivity contribution in [3.8, 4) is 0 Å². The van der Waals surface area contributed by atoms with Crippen molar-refractivity contribution in [1.82, 2.24) is 0 Å². The molecule has 105 heavy (non-hydrogen) atoms. The van der Waals surface area contributed by atoms with Gasteiger partial charge >= 0.3 is 39.5 Å². The number of aliphatic hydroxyl groups excluding tert-OH is 1. The van der Waals surface area contributed by atoms with Gasteiger partial charge in [0.2, 0.25) is 0 Å². The molecule has 0 spiro atoms. The average Bonchev–Trinajstić information content (AvgIpc) is 1.48. The lowest BCUT2D eigenvalue weighted by Gasteiger charge is -2.21. The average molecular weight is 1530 g/mol. The Labute approximate surface area is 643 Å². The maximum absolute atomic E-state index is 13.1. The second-order valence-electron chi connectivity index (χ2n) is 30.5. The van der Waals surface area contributed by atoms with E-state index >= 15 is 0 Å². The molecule has 0 saturated carbocycles. The zero-order valence-electron chi connectivity index (χ0n) is 68.4. The molecule has 0 rings (SSSR count). The van der Waals surface area contributed by atoms with Crippen molar-refractivity contribution in [3.05, 3.63) is 24.3 Å². The third-order valence-corrected chi connectivity index (χ3v) is 21.9. The molecule has 0 heterocycles. The van der Waals surface area contributed by atoms with Crippen molar-refractivity contribution in [2.45, 2.75) is 457 Å². The van der Waals surface area contributed by atoms with Crippen LogP contribution in [0.2, 0.25) is 0 Å². The highest BCUT2D eigenvalue weighted by atomic mass is 31.2. The van der Waals surface area contributed by atoms with E-state index in [1.807, 2.05) is 0 Å². The summed E-state index contributed by atoms with van der Waals surface area (Å²) in [6, 6.07) is 0. The van der Waals surface area contributed by atoms with Crippen LogP contribution < -0.4 is 0 Å². The molecule has 3 N–H and O–H groups in total. The molecule has 0 aliphatic rings. The molecule has 620 valence electrons. The monoisotopic (exact) mass is 1530 g/mol. The first-order chi connectivity index (χ1) is 51.1. The SMILES string of the molecule is CCCCCC/C=C\C=C/CCCCCCCC(=O)O[C@H](COC(=O)CCCCCCCCCCC(C)CC)COP(=O)(O)OC[C@H](O)COP(=O)(O)OC[C@@H](COC(=O)CCCCCCCCCCCCCCCCCC)OC(=O)CCCCCCCCCCCCCCCCCCCCCCCC. The van der Waals surface area contributed by atoms with Gasteiger partial charge in [-0.15, -0.1) is 0 Å². The normalized spacial score (nSPS) is 14.2. The lowest BCUT2D eigenvalue weighted by Crippen LogP contribution is -2.30. The summed E-state index contributed by atoms with van der Waals surface area (Å²) >= 11 is 0. The number of ether oxygens (including phenoxy) is 4. The Kier molecular flexibility index (Phi) is 76.4. The van der Waals surface area contributed by atoms with Crippen LogP contribution in [-0.4, -0.2) is 96.7 Å². The molecule has 0 aliphatic carbocycles.